The van der Waals surface area contributed by atoms with Gasteiger partial charge in [-0.1, -0.05) is 0 Å². The lowest BCUT2D eigenvalue weighted by molar-refractivity contribution is 0.201. The molecule has 2 aromatic rings. The molecular weight excluding hydrogens is 288 g/mol. The molecule has 0 N–H and O–H groups in total. The first-order valence-electron chi connectivity index (χ1n) is 6.83. The van der Waals surface area contributed by atoms with Crippen LogP contribution >= 0.6 is 11.5 Å². The zero-order valence-electron chi connectivity index (χ0n) is 12.1. The second-order valence-corrected chi connectivity index (χ2v) is 5.70. The van der Waals surface area contributed by atoms with Crippen molar-refractivity contribution in [2.75, 3.05) is 43.7 Å². The van der Waals surface area contributed by atoms with Crippen LogP contribution in [0.3, 0.4) is 0 Å². The van der Waals surface area contributed by atoms with Crippen LogP contribution in [0.1, 0.15) is 5.82 Å². The molecule has 0 amide bonds. The molecule has 21 heavy (non-hydrogen) atoms. The number of likely N-dealkylation sites (N-methyl/N-ethyl adjacent to an activating group) is 1. The average molecular weight is 306 g/mol. The van der Waals surface area contributed by atoms with Gasteiger partial charge in [-0.15, -0.1) is 0 Å². The molecule has 0 saturated carbocycles. The minimum Gasteiger partial charge on any atom is -0.384 e. The summed E-state index contributed by atoms with van der Waals surface area (Å²) in [5.74, 6) is 1.79. The lowest BCUT2D eigenvalue weighted by Crippen LogP contribution is -2.59. The van der Waals surface area contributed by atoms with Crippen molar-refractivity contribution in [3.8, 4) is 0 Å². The van der Waals surface area contributed by atoms with E-state index in [2.05, 4.69) is 36.2 Å². The smallest absolute Gasteiger partial charge is 0.205 e. The van der Waals surface area contributed by atoms with Gasteiger partial charge in [0.25, 0.3) is 0 Å². The fourth-order valence-electron chi connectivity index (χ4n) is 2.18. The van der Waals surface area contributed by atoms with Gasteiger partial charge >= 0.3 is 0 Å². The number of anilines is 2. The standard InChI is InChI=1S/C13H18N6OS/c1-18(13-16-11(17-21-13)3-6-20-2)10-8-19(9-10)12-7-14-4-5-15-12/h4-5,7,10H,3,6,8-9H2,1-2H3. The summed E-state index contributed by atoms with van der Waals surface area (Å²) >= 11 is 1.45. The number of hydrogen-bond donors (Lipinski definition) is 0. The molecule has 0 unspecified atom stereocenters. The number of ether oxygens (including phenoxy) is 1. The van der Waals surface area contributed by atoms with E-state index < -0.39 is 0 Å². The second-order valence-electron chi connectivity index (χ2n) is 4.97. The molecule has 1 saturated heterocycles. The van der Waals surface area contributed by atoms with Gasteiger partial charge in [0.2, 0.25) is 5.13 Å². The van der Waals surface area contributed by atoms with E-state index in [1.807, 2.05) is 0 Å². The molecule has 0 atom stereocenters. The van der Waals surface area contributed by atoms with E-state index in [1.165, 1.54) is 11.5 Å². The predicted molar refractivity (Wildman–Crippen MR) is 81.9 cm³/mol. The van der Waals surface area contributed by atoms with E-state index in [9.17, 15) is 0 Å². The molecule has 0 bridgehead atoms. The Labute approximate surface area is 127 Å². The summed E-state index contributed by atoms with van der Waals surface area (Å²) in [5.41, 5.74) is 0. The molecule has 1 aliphatic rings. The Morgan fingerprint density at radius 2 is 2.29 bits per heavy atom. The fourth-order valence-corrected chi connectivity index (χ4v) is 2.92. The first-order valence-corrected chi connectivity index (χ1v) is 7.60. The Balaban J connectivity index is 1.55. The van der Waals surface area contributed by atoms with Gasteiger partial charge < -0.3 is 14.5 Å². The first kappa shape index (κ1) is 14.2. The van der Waals surface area contributed by atoms with Gasteiger partial charge in [-0.25, -0.2) is 9.97 Å². The third-order valence-corrected chi connectivity index (χ3v) is 4.42. The van der Waals surface area contributed by atoms with E-state index in [1.54, 1.807) is 25.7 Å². The van der Waals surface area contributed by atoms with Gasteiger partial charge in [-0.3, -0.25) is 4.98 Å². The van der Waals surface area contributed by atoms with Gasteiger partial charge in [0.1, 0.15) is 11.6 Å². The summed E-state index contributed by atoms with van der Waals surface area (Å²) in [6.07, 6.45) is 5.97. The quantitative estimate of drug-likeness (QED) is 0.783. The molecule has 1 aliphatic heterocycles. The first-order chi connectivity index (χ1) is 10.3. The van der Waals surface area contributed by atoms with Gasteiger partial charge in [-0.2, -0.15) is 4.37 Å². The molecule has 0 spiro atoms. The van der Waals surface area contributed by atoms with Crippen LogP contribution < -0.4 is 9.80 Å². The molecule has 0 aromatic carbocycles. The van der Waals surface area contributed by atoms with Crippen molar-refractivity contribution in [2.45, 2.75) is 12.5 Å². The van der Waals surface area contributed by atoms with Crippen LogP contribution in [0.5, 0.6) is 0 Å². The van der Waals surface area contributed by atoms with Crippen LogP contribution in [0.25, 0.3) is 0 Å². The lowest BCUT2D eigenvalue weighted by Gasteiger charge is -2.44. The zero-order chi connectivity index (χ0) is 14.7. The summed E-state index contributed by atoms with van der Waals surface area (Å²) < 4.78 is 9.42. The van der Waals surface area contributed by atoms with Crippen LogP contribution in [-0.4, -0.2) is 59.2 Å². The number of rotatable bonds is 6. The minimum absolute atomic E-state index is 0.440. The van der Waals surface area contributed by atoms with Crippen molar-refractivity contribution in [3.63, 3.8) is 0 Å². The van der Waals surface area contributed by atoms with E-state index in [0.717, 1.165) is 36.3 Å². The monoisotopic (exact) mass is 306 g/mol. The Kier molecular flexibility index (Phi) is 4.26. The highest BCUT2D eigenvalue weighted by Crippen LogP contribution is 2.25. The lowest BCUT2D eigenvalue weighted by atomic mass is 10.1. The van der Waals surface area contributed by atoms with E-state index in [-0.39, 0.29) is 0 Å². The SMILES string of the molecule is COCCc1nsc(N(C)C2CN(c3cnccn3)C2)n1. The van der Waals surface area contributed by atoms with Crippen LogP contribution in [0, 0.1) is 0 Å². The van der Waals surface area contributed by atoms with E-state index in [4.69, 9.17) is 4.74 Å². The summed E-state index contributed by atoms with van der Waals surface area (Å²) in [5, 5.41) is 0.963. The molecule has 3 rings (SSSR count). The van der Waals surface area contributed by atoms with Crippen LogP contribution in [0.15, 0.2) is 18.6 Å². The molecule has 8 heteroatoms. The highest BCUT2D eigenvalue weighted by Gasteiger charge is 2.32. The highest BCUT2D eigenvalue weighted by molar-refractivity contribution is 7.09. The third-order valence-electron chi connectivity index (χ3n) is 3.57. The zero-order valence-corrected chi connectivity index (χ0v) is 13.0. The minimum atomic E-state index is 0.440. The molecule has 0 radical (unpaired) electrons. The Hall–Kier alpha value is -1.80. The number of hydrogen-bond acceptors (Lipinski definition) is 8. The molecule has 0 aliphatic carbocycles. The van der Waals surface area contributed by atoms with Crippen LogP contribution in [0.2, 0.25) is 0 Å². The number of nitrogens with zero attached hydrogens (tertiary/aromatic N) is 6. The van der Waals surface area contributed by atoms with Crippen molar-refractivity contribution in [2.24, 2.45) is 0 Å². The number of methoxy groups -OCH3 is 1. The Morgan fingerprint density at radius 1 is 1.43 bits per heavy atom. The van der Waals surface area contributed by atoms with Crippen LogP contribution in [0.4, 0.5) is 10.9 Å². The third kappa shape index (κ3) is 3.11. The maximum absolute atomic E-state index is 5.05. The van der Waals surface area contributed by atoms with Gasteiger partial charge in [-0.05, 0) is 0 Å². The Bertz CT molecular complexity index is 571. The van der Waals surface area contributed by atoms with E-state index >= 15 is 0 Å². The Morgan fingerprint density at radius 3 is 3.00 bits per heavy atom. The maximum Gasteiger partial charge on any atom is 0.205 e. The van der Waals surface area contributed by atoms with Gasteiger partial charge in [0, 0.05) is 57.6 Å². The van der Waals surface area contributed by atoms with Crippen LogP contribution in [-0.2, 0) is 11.2 Å². The van der Waals surface area contributed by atoms with Gasteiger partial charge in [0.15, 0.2) is 0 Å². The van der Waals surface area contributed by atoms with E-state index in [0.29, 0.717) is 12.6 Å². The molecule has 112 valence electrons. The predicted octanol–water partition coefficient (Wildman–Crippen LogP) is 0.842. The summed E-state index contributed by atoms with van der Waals surface area (Å²) in [6.45, 7) is 2.52. The summed E-state index contributed by atoms with van der Waals surface area (Å²) in [4.78, 5) is 17.4. The molecule has 1 fully saturated rings. The fraction of sp³-hybridized carbons (Fsp3) is 0.538. The second kappa shape index (κ2) is 6.31. The van der Waals surface area contributed by atoms with Crippen molar-refractivity contribution >= 4 is 22.5 Å². The largest absolute Gasteiger partial charge is 0.384 e. The van der Waals surface area contributed by atoms with Gasteiger partial charge in [0.05, 0.1) is 18.8 Å². The number of aromatic nitrogens is 4. The van der Waals surface area contributed by atoms with Crippen molar-refractivity contribution < 1.29 is 4.74 Å². The molecule has 2 aromatic heterocycles. The van der Waals surface area contributed by atoms with Crippen molar-refractivity contribution in [1.29, 1.82) is 0 Å². The van der Waals surface area contributed by atoms with Crippen molar-refractivity contribution in [1.82, 2.24) is 19.3 Å². The average Bonchev–Trinajstić information content (AvgIpc) is 2.93. The summed E-state index contributed by atoms with van der Waals surface area (Å²) in [6, 6.07) is 0.440. The molecule has 7 nitrogen and oxygen atoms in total. The molecular formula is C13H18N6OS. The normalized spacial score (nSPS) is 15.0. The maximum atomic E-state index is 5.05. The highest BCUT2D eigenvalue weighted by atomic mass is 32.1. The topological polar surface area (TPSA) is 67.3 Å². The van der Waals surface area contributed by atoms with Crippen molar-refractivity contribution in [3.05, 3.63) is 24.4 Å². The molecule has 3 heterocycles. The summed E-state index contributed by atoms with van der Waals surface area (Å²) in [7, 11) is 3.76.